The van der Waals surface area contributed by atoms with Crippen LogP contribution < -0.4 is 10.6 Å². The van der Waals surface area contributed by atoms with Crippen LogP contribution >= 0.6 is 23.1 Å². The van der Waals surface area contributed by atoms with Gasteiger partial charge in [-0.2, -0.15) is 0 Å². The quantitative estimate of drug-likeness (QED) is 0.878. The minimum atomic E-state index is -0.0816. The molecule has 5 nitrogen and oxygen atoms in total. The minimum absolute atomic E-state index is 0.0816. The first-order valence-corrected chi connectivity index (χ1v) is 9.22. The van der Waals surface area contributed by atoms with E-state index in [-0.39, 0.29) is 17.2 Å². The normalized spacial score (nSPS) is 21.6. The topological polar surface area (TPSA) is 66.4 Å². The van der Waals surface area contributed by atoms with Crippen molar-refractivity contribution in [2.75, 3.05) is 11.9 Å². The predicted octanol–water partition coefficient (Wildman–Crippen LogP) is 3.66. The zero-order valence-electron chi connectivity index (χ0n) is 13.8. The molecule has 0 fully saturated rings. The van der Waals surface area contributed by atoms with Crippen LogP contribution in [0.5, 0.6) is 0 Å². The molecule has 0 bridgehead atoms. The zero-order valence-corrected chi connectivity index (χ0v) is 15.4. The fraction of sp³-hybridized carbons (Fsp3) is 0.667. The summed E-state index contributed by atoms with van der Waals surface area (Å²) in [6, 6.07) is 0.122. The molecule has 7 heteroatoms. The van der Waals surface area contributed by atoms with Crippen LogP contribution in [0.1, 0.15) is 52.0 Å². The lowest BCUT2D eigenvalue weighted by molar-refractivity contribution is -0.117. The summed E-state index contributed by atoms with van der Waals surface area (Å²) >= 11 is 3.21. The number of carbonyl (C=O) groups is 1. The fourth-order valence-electron chi connectivity index (χ4n) is 2.06. The average molecular weight is 341 g/mol. The Balaban J connectivity index is 1.91. The van der Waals surface area contributed by atoms with Gasteiger partial charge in [0.2, 0.25) is 5.91 Å². The third-order valence-electron chi connectivity index (χ3n) is 3.25. The summed E-state index contributed by atoms with van der Waals surface area (Å²) in [5.74, 6) is -0.0816. The van der Waals surface area contributed by atoms with Crippen LogP contribution in [0.15, 0.2) is 10.4 Å². The number of hydrogen-bond donors (Lipinski definition) is 2. The van der Waals surface area contributed by atoms with Crippen LogP contribution in [0.4, 0.5) is 5.13 Å². The molecule has 2 rings (SSSR count). The number of nitrogens with one attached hydrogen (secondary N) is 2. The van der Waals surface area contributed by atoms with Crippen molar-refractivity contribution in [1.29, 1.82) is 0 Å². The lowest BCUT2D eigenvalue weighted by Crippen LogP contribution is -2.24. The minimum Gasteiger partial charge on any atom is -0.361 e. The van der Waals surface area contributed by atoms with Gasteiger partial charge in [0.25, 0.3) is 0 Å². The van der Waals surface area contributed by atoms with E-state index in [0.717, 1.165) is 23.8 Å². The Hall–Kier alpha value is -1.08. The lowest BCUT2D eigenvalue weighted by Gasteiger charge is -2.17. The Kier molecular flexibility index (Phi) is 5.50. The zero-order chi connectivity index (χ0) is 16.3. The Labute approximate surface area is 140 Å². The molecule has 1 aromatic heterocycles. The number of rotatable bonds is 4. The van der Waals surface area contributed by atoms with E-state index in [2.05, 4.69) is 53.7 Å². The number of aromatic nitrogens is 1. The van der Waals surface area contributed by atoms with Gasteiger partial charge in [-0.3, -0.25) is 9.79 Å². The highest BCUT2D eigenvalue weighted by atomic mass is 32.2. The molecular weight excluding hydrogens is 316 g/mol. The summed E-state index contributed by atoms with van der Waals surface area (Å²) in [4.78, 5) is 20.3. The predicted molar refractivity (Wildman–Crippen MR) is 95.7 cm³/mol. The second-order valence-electron chi connectivity index (χ2n) is 6.71. The summed E-state index contributed by atoms with van der Waals surface area (Å²) in [5, 5.41) is 10.1. The second kappa shape index (κ2) is 7.00. The number of thiazole rings is 1. The molecular formula is C15H24N4OS2. The van der Waals surface area contributed by atoms with E-state index in [4.69, 9.17) is 0 Å². The lowest BCUT2D eigenvalue weighted by atomic mass is 9.92. The Bertz CT molecular complexity index is 562. The third kappa shape index (κ3) is 4.98. The van der Waals surface area contributed by atoms with Crippen LogP contribution in [0.3, 0.4) is 0 Å². The molecule has 2 heterocycles. The van der Waals surface area contributed by atoms with Gasteiger partial charge in [-0.15, -0.1) is 11.3 Å². The highest BCUT2D eigenvalue weighted by Crippen LogP contribution is 2.40. The maximum Gasteiger partial charge on any atom is 0.222 e. The third-order valence-corrected chi connectivity index (χ3v) is 5.38. The van der Waals surface area contributed by atoms with Crippen LogP contribution in [0, 0.1) is 5.41 Å². The molecule has 0 aromatic carbocycles. The molecule has 0 spiro atoms. The molecule has 1 aromatic rings. The molecule has 122 valence electrons. The van der Waals surface area contributed by atoms with Gasteiger partial charge in [-0.25, -0.2) is 4.98 Å². The number of amidine groups is 1. The maximum absolute atomic E-state index is 11.1. The Morgan fingerprint density at radius 3 is 2.77 bits per heavy atom. The molecule has 1 aliphatic rings. The number of amides is 1. The van der Waals surface area contributed by atoms with Crippen molar-refractivity contribution in [2.24, 2.45) is 10.4 Å². The van der Waals surface area contributed by atoms with E-state index in [0.29, 0.717) is 10.6 Å². The number of thioether (sulfide) groups is 1. The number of aliphatic imine (C=N–C) groups is 1. The van der Waals surface area contributed by atoms with Crippen LogP contribution in [-0.4, -0.2) is 28.6 Å². The number of hydrogen-bond acceptors (Lipinski definition) is 6. The molecule has 2 N–H and O–H groups in total. The number of anilines is 1. The SMILES string of the molecule is CC(=O)NC1=NC(C)C(c2csc(NCCC(C)(C)C)n2)S1. The Morgan fingerprint density at radius 1 is 1.41 bits per heavy atom. The standard InChI is InChI=1S/C15H24N4OS2/c1-9-12(22-14(17-9)18-10(2)20)11-8-21-13(19-11)16-7-6-15(3,4)5/h8-9,12H,6-7H2,1-5H3,(H,16,19)(H,17,18,20). The first-order valence-electron chi connectivity index (χ1n) is 7.46. The van der Waals surface area contributed by atoms with Gasteiger partial charge in [-0.1, -0.05) is 32.5 Å². The van der Waals surface area contributed by atoms with E-state index >= 15 is 0 Å². The van der Waals surface area contributed by atoms with Gasteiger partial charge in [0.1, 0.15) is 0 Å². The average Bonchev–Trinajstić information content (AvgIpc) is 2.94. The summed E-state index contributed by atoms with van der Waals surface area (Å²) < 4.78 is 0. The number of carbonyl (C=O) groups excluding carboxylic acids is 1. The molecule has 0 aliphatic carbocycles. The van der Waals surface area contributed by atoms with Gasteiger partial charge in [0.05, 0.1) is 17.0 Å². The highest BCUT2D eigenvalue weighted by molar-refractivity contribution is 8.14. The molecule has 0 saturated heterocycles. The molecule has 0 saturated carbocycles. The monoisotopic (exact) mass is 340 g/mol. The van der Waals surface area contributed by atoms with Crippen molar-refractivity contribution in [2.45, 2.75) is 52.3 Å². The molecule has 22 heavy (non-hydrogen) atoms. The fourth-order valence-corrected chi connectivity index (χ4v) is 4.10. The highest BCUT2D eigenvalue weighted by Gasteiger charge is 2.30. The molecule has 0 radical (unpaired) electrons. The summed E-state index contributed by atoms with van der Waals surface area (Å²) in [6.07, 6.45) is 1.10. The van der Waals surface area contributed by atoms with Crippen molar-refractivity contribution in [1.82, 2.24) is 10.3 Å². The van der Waals surface area contributed by atoms with E-state index in [1.807, 2.05) is 0 Å². The van der Waals surface area contributed by atoms with E-state index in [1.54, 1.807) is 23.1 Å². The molecule has 1 amide bonds. The Morgan fingerprint density at radius 2 is 2.14 bits per heavy atom. The second-order valence-corrected chi connectivity index (χ2v) is 8.70. The van der Waals surface area contributed by atoms with Gasteiger partial charge in [0, 0.05) is 18.8 Å². The molecule has 2 atom stereocenters. The molecule has 2 unspecified atom stereocenters. The van der Waals surface area contributed by atoms with Gasteiger partial charge in [0.15, 0.2) is 10.3 Å². The van der Waals surface area contributed by atoms with E-state index < -0.39 is 0 Å². The van der Waals surface area contributed by atoms with E-state index in [1.165, 1.54) is 6.92 Å². The summed E-state index contributed by atoms with van der Waals surface area (Å²) in [5.41, 5.74) is 1.36. The van der Waals surface area contributed by atoms with Gasteiger partial charge in [-0.05, 0) is 18.8 Å². The van der Waals surface area contributed by atoms with Gasteiger partial charge < -0.3 is 10.6 Å². The first-order chi connectivity index (χ1) is 10.2. The van der Waals surface area contributed by atoms with Crippen molar-refractivity contribution in [3.63, 3.8) is 0 Å². The van der Waals surface area contributed by atoms with Crippen molar-refractivity contribution < 1.29 is 4.79 Å². The summed E-state index contributed by atoms with van der Waals surface area (Å²) in [6.45, 7) is 11.2. The van der Waals surface area contributed by atoms with E-state index in [9.17, 15) is 4.79 Å². The van der Waals surface area contributed by atoms with Crippen LogP contribution in [0.25, 0.3) is 0 Å². The van der Waals surface area contributed by atoms with Crippen LogP contribution in [-0.2, 0) is 4.79 Å². The van der Waals surface area contributed by atoms with Crippen molar-refractivity contribution in [3.8, 4) is 0 Å². The van der Waals surface area contributed by atoms with Gasteiger partial charge >= 0.3 is 0 Å². The number of nitrogens with zero attached hydrogens (tertiary/aromatic N) is 2. The maximum atomic E-state index is 11.1. The largest absolute Gasteiger partial charge is 0.361 e. The van der Waals surface area contributed by atoms with Crippen molar-refractivity contribution in [3.05, 3.63) is 11.1 Å². The van der Waals surface area contributed by atoms with Crippen molar-refractivity contribution >= 4 is 39.3 Å². The smallest absolute Gasteiger partial charge is 0.222 e. The first kappa shape index (κ1) is 17.3. The summed E-state index contributed by atoms with van der Waals surface area (Å²) in [7, 11) is 0. The molecule has 1 aliphatic heterocycles. The van der Waals surface area contributed by atoms with Crippen LogP contribution in [0.2, 0.25) is 0 Å².